The van der Waals surface area contributed by atoms with Gasteiger partial charge in [0.15, 0.2) is 0 Å². The number of hydroxylamine groups is 1. The van der Waals surface area contributed by atoms with Crippen molar-refractivity contribution in [2.45, 2.75) is 6.42 Å². The molecule has 0 N–H and O–H groups in total. The molecule has 14 heavy (non-hydrogen) atoms. The maximum atomic E-state index is 11.6. The molecular formula is C11H11NO2. The molecule has 0 aliphatic carbocycles. The first-order chi connectivity index (χ1) is 6.83. The molecule has 0 unspecified atom stereocenters. The van der Waals surface area contributed by atoms with Crippen LogP contribution < -0.4 is 5.06 Å². The number of rotatable bonds is 1. The molecule has 0 saturated heterocycles. The van der Waals surface area contributed by atoms with Gasteiger partial charge in [0.25, 0.3) is 5.91 Å². The number of nitrogens with zero attached hydrogens (tertiary/aromatic N) is 1. The third kappa shape index (κ3) is 1.42. The molecule has 3 nitrogen and oxygen atoms in total. The summed E-state index contributed by atoms with van der Waals surface area (Å²) in [5, 5.41) is 1.33. The summed E-state index contributed by atoms with van der Waals surface area (Å²) in [4.78, 5) is 16.6. The molecule has 72 valence electrons. The van der Waals surface area contributed by atoms with Crippen molar-refractivity contribution in [3.8, 4) is 0 Å². The maximum Gasteiger partial charge on any atom is 0.254 e. The van der Waals surface area contributed by atoms with Crippen molar-refractivity contribution in [3.63, 3.8) is 0 Å². The van der Waals surface area contributed by atoms with Gasteiger partial charge in [-0.15, -0.1) is 0 Å². The van der Waals surface area contributed by atoms with Crippen LogP contribution in [0.25, 0.3) is 6.08 Å². The third-order valence-electron chi connectivity index (χ3n) is 2.15. The second-order valence-corrected chi connectivity index (χ2v) is 3.04. The van der Waals surface area contributed by atoms with Gasteiger partial charge in [0, 0.05) is 12.0 Å². The molecule has 0 saturated carbocycles. The average Bonchev–Trinajstić information content (AvgIpc) is 2.36. The summed E-state index contributed by atoms with van der Waals surface area (Å²) in [5.41, 5.74) is 1.80. The summed E-state index contributed by atoms with van der Waals surface area (Å²) < 4.78 is 0. The number of para-hydroxylation sites is 1. The van der Waals surface area contributed by atoms with E-state index in [1.54, 1.807) is 0 Å². The largest absolute Gasteiger partial charge is 0.272 e. The number of amides is 1. The Morgan fingerprint density at radius 2 is 2.14 bits per heavy atom. The molecule has 1 aromatic carbocycles. The van der Waals surface area contributed by atoms with Crippen LogP contribution in [0.5, 0.6) is 0 Å². The van der Waals surface area contributed by atoms with Gasteiger partial charge < -0.3 is 0 Å². The topological polar surface area (TPSA) is 29.5 Å². The molecule has 2 rings (SSSR count). The van der Waals surface area contributed by atoms with Crippen LogP contribution in [0.1, 0.15) is 12.0 Å². The highest BCUT2D eigenvalue weighted by Crippen LogP contribution is 2.25. The lowest BCUT2D eigenvalue weighted by atomic mass is 10.2. The molecule has 0 atom stereocenters. The number of anilines is 1. The fraction of sp³-hybridized carbons (Fsp3) is 0.182. The molecule has 1 aliphatic heterocycles. The van der Waals surface area contributed by atoms with Gasteiger partial charge in [-0.1, -0.05) is 30.4 Å². The van der Waals surface area contributed by atoms with Gasteiger partial charge in [-0.25, -0.2) is 0 Å². The van der Waals surface area contributed by atoms with Crippen molar-refractivity contribution in [1.29, 1.82) is 0 Å². The van der Waals surface area contributed by atoms with Crippen LogP contribution in [0, 0.1) is 0 Å². The first kappa shape index (κ1) is 8.97. The van der Waals surface area contributed by atoms with Gasteiger partial charge in [-0.05, 0) is 6.07 Å². The lowest BCUT2D eigenvalue weighted by Gasteiger charge is -2.19. The van der Waals surface area contributed by atoms with Crippen molar-refractivity contribution in [3.05, 3.63) is 35.9 Å². The van der Waals surface area contributed by atoms with Crippen molar-refractivity contribution in [1.82, 2.24) is 0 Å². The Bertz CT molecular complexity index is 385. The molecule has 3 heteroatoms. The molecule has 1 aromatic rings. The van der Waals surface area contributed by atoms with Gasteiger partial charge in [-0.2, -0.15) is 5.06 Å². The van der Waals surface area contributed by atoms with Crippen molar-refractivity contribution < 1.29 is 9.63 Å². The Hall–Kier alpha value is -1.61. The minimum absolute atomic E-state index is 0.0475. The average molecular weight is 189 g/mol. The second-order valence-electron chi connectivity index (χ2n) is 3.04. The van der Waals surface area contributed by atoms with Gasteiger partial charge in [0.05, 0.1) is 12.8 Å². The summed E-state index contributed by atoms with van der Waals surface area (Å²) in [6.45, 7) is 0. The number of carbonyl (C=O) groups is 1. The highest BCUT2D eigenvalue weighted by molar-refractivity contribution is 5.96. The van der Waals surface area contributed by atoms with E-state index in [1.165, 1.54) is 12.2 Å². The Kier molecular flexibility index (Phi) is 2.33. The lowest BCUT2D eigenvalue weighted by molar-refractivity contribution is -0.123. The molecule has 0 bridgehead atoms. The van der Waals surface area contributed by atoms with Crippen molar-refractivity contribution >= 4 is 17.7 Å². The zero-order chi connectivity index (χ0) is 9.97. The molecule has 0 spiro atoms. The Labute approximate surface area is 82.5 Å². The molecular weight excluding hydrogens is 178 g/mol. The van der Waals surface area contributed by atoms with Crippen molar-refractivity contribution in [2.75, 3.05) is 12.2 Å². The smallest absolute Gasteiger partial charge is 0.254 e. The van der Waals surface area contributed by atoms with Crippen molar-refractivity contribution in [2.24, 2.45) is 0 Å². The van der Waals surface area contributed by atoms with E-state index in [1.807, 2.05) is 36.4 Å². The standard InChI is InChI=1S/C11H11NO2/c1-14-12-10-7-3-2-5-9(10)6-4-8-11(12)13/h2-7H,8H2,1H3. The van der Waals surface area contributed by atoms with E-state index in [2.05, 4.69) is 0 Å². The van der Waals surface area contributed by atoms with Gasteiger partial charge in [0.1, 0.15) is 0 Å². The molecule has 0 radical (unpaired) electrons. The van der Waals surface area contributed by atoms with Crippen LogP contribution in [-0.4, -0.2) is 13.0 Å². The van der Waals surface area contributed by atoms with E-state index in [-0.39, 0.29) is 5.91 Å². The molecule has 0 aromatic heterocycles. The van der Waals surface area contributed by atoms with Crippen LogP contribution in [0.15, 0.2) is 30.3 Å². The van der Waals surface area contributed by atoms with Crippen LogP contribution in [0.2, 0.25) is 0 Å². The normalized spacial score (nSPS) is 15.2. The Morgan fingerprint density at radius 3 is 2.93 bits per heavy atom. The van der Waals surface area contributed by atoms with Crippen LogP contribution in [0.4, 0.5) is 5.69 Å². The molecule has 0 fully saturated rings. The van der Waals surface area contributed by atoms with E-state index in [4.69, 9.17) is 4.84 Å². The number of benzene rings is 1. The summed E-state index contributed by atoms with van der Waals surface area (Å²) in [5.74, 6) is -0.0475. The SMILES string of the molecule is CON1C(=O)CC=Cc2ccccc21. The third-order valence-corrected chi connectivity index (χ3v) is 2.15. The zero-order valence-corrected chi connectivity index (χ0v) is 7.93. The second kappa shape index (κ2) is 3.64. The lowest BCUT2D eigenvalue weighted by Crippen LogP contribution is -2.28. The van der Waals surface area contributed by atoms with Gasteiger partial charge in [0.2, 0.25) is 0 Å². The Morgan fingerprint density at radius 1 is 1.36 bits per heavy atom. The van der Waals surface area contributed by atoms with E-state index in [0.29, 0.717) is 6.42 Å². The number of hydrogen-bond acceptors (Lipinski definition) is 2. The van der Waals surface area contributed by atoms with E-state index >= 15 is 0 Å². The minimum Gasteiger partial charge on any atom is -0.272 e. The van der Waals surface area contributed by atoms with Crippen LogP contribution in [0.3, 0.4) is 0 Å². The maximum absolute atomic E-state index is 11.6. The zero-order valence-electron chi connectivity index (χ0n) is 7.93. The summed E-state index contributed by atoms with van der Waals surface area (Å²) >= 11 is 0. The minimum atomic E-state index is -0.0475. The summed E-state index contributed by atoms with van der Waals surface area (Å²) in [6.07, 6.45) is 4.16. The van der Waals surface area contributed by atoms with E-state index < -0.39 is 0 Å². The highest BCUT2D eigenvalue weighted by Gasteiger charge is 2.18. The number of fused-ring (bicyclic) bond motifs is 1. The molecule has 1 aliphatic rings. The van der Waals surface area contributed by atoms with Crippen LogP contribution in [-0.2, 0) is 9.63 Å². The fourth-order valence-electron chi connectivity index (χ4n) is 1.52. The van der Waals surface area contributed by atoms with Crippen LogP contribution >= 0.6 is 0 Å². The van der Waals surface area contributed by atoms with Gasteiger partial charge in [-0.3, -0.25) is 9.63 Å². The highest BCUT2D eigenvalue weighted by atomic mass is 16.7. The monoisotopic (exact) mass is 189 g/mol. The predicted molar refractivity (Wildman–Crippen MR) is 54.6 cm³/mol. The summed E-state index contributed by atoms with van der Waals surface area (Å²) in [6, 6.07) is 7.65. The van der Waals surface area contributed by atoms with Gasteiger partial charge >= 0.3 is 0 Å². The molecule has 1 amide bonds. The predicted octanol–water partition coefficient (Wildman–Crippen LogP) is 2.00. The quantitative estimate of drug-likeness (QED) is 0.676. The first-order valence-corrected chi connectivity index (χ1v) is 4.45. The number of carbonyl (C=O) groups excluding carboxylic acids is 1. The first-order valence-electron chi connectivity index (χ1n) is 4.45. The Balaban J connectivity index is 2.51. The summed E-state index contributed by atoms with van der Waals surface area (Å²) in [7, 11) is 1.50. The van der Waals surface area contributed by atoms with E-state index in [0.717, 1.165) is 11.3 Å². The molecule has 1 heterocycles. The van der Waals surface area contributed by atoms with E-state index in [9.17, 15) is 4.79 Å². The fourth-order valence-corrected chi connectivity index (χ4v) is 1.52. The number of hydrogen-bond donors (Lipinski definition) is 0.